The van der Waals surface area contributed by atoms with Crippen molar-refractivity contribution in [3.8, 4) is 0 Å². The third-order valence-electron chi connectivity index (χ3n) is 3.28. The molecule has 0 unspecified atom stereocenters. The van der Waals surface area contributed by atoms with E-state index in [2.05, 4.69) is 11.9 Å². The van der Waals surface area contributed by atoms with Gasteiger partial charge in [0.05, 0.1) is 16.8 Å². The van der Waals surface area contributed by atoms with Crippen LogP contribution in [0.5, 0.6) is 0 Å². The normalized spacial score (nSPS) is 11.2. The lowest BCUT2D eigenvalue weighted by Crippen LogP contribution is -2.09. The average molecular weight is 339 g/mol. The van der Waals surface area contributed by atoms with Gasteiger partial charge in [0, 0.05) is 5.69 Å². The molecule has 2 rings (SSSR count). The molecule has 0 heterocycles. The number of nitrogens with one attached hydrogen (secondary N) is 1. The fourth-order valence-corrected chi connectivity index (χ4v) is 2.16. The Morgan fingerprint density at radius 3 is 2.46 bits per heavy atom. The van der Waals surface area contributed by atoms with E-state index >= 15 is 0 Å². The quantitative estimate of drug-likeness (QED) is 0.594. The van der Waals surface area contributed by atoms with E-state index in [1.807, 2.05) is 0 Å². The van der Waals surface area contributed by atoms with Gasteiger partial charge in [0.15, 0.2) is 0 Å². The van der Waals surface area contributed by atoms with Crippen molar-refractivity contribution < 1.29 is 27.5 Å². The van der Waals surface area contributed by atoms with E-state index in [4.69, 9.17) is 5.11 Å². The molecule has 0 saturated heterocycles. The van der Waals surface area contributed by atoms with E-state index in [1.54, 1.807) is 0 Å². The maximum Gasteiger partial charge on any atom is 0.416 e. The summed E-state index contributed by atoms with van der Waals surface area (Å²) in [5, 5.41) is 11.8. The summed E-state index contributed by atoms with van der Waals surface area (Å²) in [6.45, 7) is 3.53. The molecule has 0 spiro atoms. The van der Waals surface area contributed by atoms with Crippen LogP contribution in [-0.2, 0) is 12.6 Å². The zero-order valence-electron chi connectivity index (χ0n) is 12.3. The molecule has 0 fully saturated rings. The molecule has 7 heteroatoms. The van der Waals surface area contributed by atoms with Crippen molar-refractivity contribution in [3.63, 3.8) is 0 Å². The highest BCUT2D eigenvalue weighted by atomic mass is 19.4. The molecule has 0 aromatic heterocycles. The van der Waals surface area contributed by atoms with Gasteiger partial charge in [-0.15, -0.1) is 6.58 Å². The summed E-state index contributed by atoms with van der Waals surface area (Å²) in [4.78, 5) is 11.2. The first-order valence-corrected chi connectivity index (χ1v) is 6.83. The molecule has 0 saturated carbocycles. The number of hydrogen-bond acceptors (Lipinski definition) is 2. The van der Waals surface area contributed by atoms with E-state index in [0.717, 1.165) is 12.1 Å². The summed E-state index contributed by atoms with van der Waals surface area (Å²) < 4.78 is 51.9. The Morgan fingerprint density at radius 1 is 1.17 bits per heavy atom. The van der Waals surface area contributed by atoms with Gasteiger partial charge >= 0.3 is 12.1 Å². The Hall–Kier alpha value is -2.83. The summed E-state index contributed by atoms with van der Waals surface area (Å²) in [6, 6.07) is 5.96. The Kier molecular flexibility index (Phi) is 4.92. The number of aromatic carboxylic acids is 1. The molecule has 2 aromatic carbocycles. The van der Waals surface area contributed by atoms with Crippen molar-refractivity contribution in [1.82, 2.24) is 0 Å². The van der Waals surface area contributed by atoms with Gasteiger partial charge in [-0.05, 0) is 48.4 Å². The largest absolute Gasteiger partial charge is 0.478 e. The molecule has 0 bridgehead atoms. The molecular weight excluding hydrogens is 326 g/mol. The smallest absolute Gasteiger partial charge is 0.416 e. The first-order chi connectivity index (χ1) is 11.2. The van der Waals surface area contributed by atoms with Gasteiger partial charge in [-0.3, -0.25) is 0 Å². The van der Waals surface area contributed by atoms with Crippen molar-refractivity contribution in [2.45, 2.75) is 12.6 Å². The topological polar surface area (TPSA) is 49.3 Å². The maximum absolute atomic E-state index is 13.3. The van der Waals surface area contributed by atoms with Crippen molar-refractivity contribution in [2.75, 3.05) is 5.32 Å². The van der Waals surface area contributed by atoms with E-state index in [9.17, 15) is 22.4 Å². The van der Waals surface area contributed by atoms with Gasteiger partial charge < -0.3 is 10.4 Å². The zero-order chi connectivity index (χ0) is 17.9. The number of carboxylic acid groups (broad SMARTS) is 1. The van der Waals surface area contributed by atoms with E-state index in [-0.39, 0.29) is 17.7 Å². The number of hydrogen-bond donors (Lipinski definition) is 2. The molecule has 3 nitrogen and oxygen atoms in total. The molecule has 0 aliphatic heterocycles. The Labute approximate surface area is 135 Å². The number of benzene rings is 2. The van der Waals surface area contributed by atoms with E-state index in [1.165, 1.54) is 18.2 Å². The highest BCUT2D eigenvalue weighted by Gasteiger charge is 2.31. The number of carboxylic acids is 1. The Morgan fingerprint density at radius 2 is 1.88 bits per heavy atom. The first-order valence-electron chi connectivity index (χ1n) is 6.83. The van der Waals surface area contributed by atoms with Crippen LogP contribution in [0.2, 0.25) is 0 Å². The standard InChI is InChI=1S/C17H13F4NO2/c1-2-3-10-8-12(18)5-7-14(10)22-15-9-11(17(19,20)21)4-6-13(15)16(23)24/h2,4-9,22H,1,3H2,(H,23,24). The molecule has 2 aromatic rings. The van der Waals surface area contributed by atoms with Gasteiger partial charge in [0.2, 0.25) is 0 Å². The van der Waals surface area contributed by atoms with Crippen LogP contribution in [0.4, 0.5) is 28.9 Å². The van der Waals surface area contributed by atoms with Crippen LogP contribution >= 0.6 is 0 Å². The molecule has 24 heavy (non-hydrogen) atoms. The monoisotopic (exact) mass is 339 g/mol. The minimum Gasteiger partial charge on any atom is -0.478 e. The zero-order valence-corrected chi connectivity index (χ0v) is 12.3. The van der Waals surface area contributed by atoms with Crippen molar-refractivity contribution >= 4 is 17.3 Å². The average Bonchev–Trinajstić information content (AvgIpc) is 2.49. The lowest BCUT2D eigenvalue weighted by Gasteiger charge is -2.15. The summed E-state index contributed by atoms with van der Waals surface area (Å²) >= 11 is 0. The molecule has 126 valence electrons. The summed E-state index contributed by atoms with van der Waals surface area (Å²) in [6.07, 6.45) is -2.84. The maximum atomic E-state index is 13.3. The van der Waals surface area contributed by atoms with Gasteiger partial charge in [-0.1, -0.05) is 6.08 Å². The van der Waals surface area contributed by atoms with Gasteiger partial charge in [-0.25, -0.2) is 9.18 Å². The minimum absolute atomic E-state index is 0.228. The van der Waals surface area contributed by atoms with Crippen molar-refractivity contribution in [3.05, 3.63) is 71.6 Å². The summed E-state index contributed by atoms with van der Waals surface area (Å²) in [7, 11) is 0. The summed E-state index contributed by atoms with van der Waals surface area (Å²) in [5.74, 6) is -1.89. The number of anilines is 2. The van der Waals surface area contributed by atoms with Crippen LogP contribution in [0.1, 0.15) is 21.5 Å². The number of allylic oxidation sites excluding steroid dienone is 1. The van der Waals surface area contributed by atoms with Crippen LogP contribution in [-0.4, -0.2) is 11.1 Å². The van der Waals surface area contributed by atoms with Crippen molar-refractivity contribution in [2.24, 2.45) is 0 Å². The molecule has 0 aliphatic rings. The summed E-state index contributed by atoms with van der Waals surface area (Å²) in [5.41, 5.74) is -0.787. The fourth-order valence-electron chi connectivity index (χ4n) is 2.16. The molecule has 2 N–H and O–H groups in total. The number of rotatable bonds is 5. The van der Waals surface area contributed by atoms with Gasteiger partial charge in [-0.2, -0.15) is 13.2 Å². The van der Waals surface area contributed by atoms with Crippen LogP contribution in [0.3, 0.4) is 0 Å². The molecular formula is C17H13F4NO2. The second-order valence-electron chi connectivity index (χ2n) is 4.98. The molecule has 0 amide bonds. The van der Waals surface area contributed by atoms with Gasteiger partial charge in [0.25, 0.3) is 0 Å². The molecule has 0 atom stereocenters. The second kappa shape index (κ2) is 6.74. The van der Waals surface area contributed by atoms with Crippen LogP contribution < -0.4 is 5.32 Å². The predicted molar refractivity (Wildman–Crippen MR) is 82.0 cm³/mol. The Balaban J connectivity index is 2.52. The Bertz CT molecular complexity index is 785. The lowest BCUT2D eigenvalue weighted by molar-refractivity contribution is -0.137. The van der Waals surface area contributed by atoms with Crippen LogP contribution in [0, 0.1) is 5.82 Å². The van der Waals surface area contributed by atoms with Crippen LogP contribution in [0.15, 0.2) is 49.1 Å². The SMILES string of the molecule is C=CCc1cc(F)ccc1Nc1cc(C(F)(F)F)ccc1C(=O)O. The predicted octanol–water partition coefficient (Wildman–Crippen LogP) is 5.01. The van der Waals surface area contributed by atoms with Gasteiger partial charge in [0.1, 0.15) is 5.82 Å². The minimum atomic E-state index is -4.61. The van der Waals surface area contributed by atoms with Crippen molar-refractivity contribution in [1.29, 1.82) is 0 Å². The molecule has 0 radical (unpaired) electrons. The fraction of sp³-hybridized carbons (Fsp3) is 0.118. The third kappa shape index (κ3) is 3.92. The molecule has 0 aliphatic carbocycles. The number of halogens is 4. The first kappa shape index (κ1) is 17.5. The second-order valence-corrected chi connectivity index (χ2v) is 4.98. The number of alkyl halides is 3. The number of carbonyl (C=O) groups is 1. The third-order valence-corrected chi connectivity index (χ3v) is 3.28. The van der Waals surface area contributed by atoms with Crippen LogP contribution in [0.25, 0.3) is 0 Å². The highest BCUT2D eigenvalue weighted by molar-refractivity contribution is 5.95. The van der Waals surface area contributed by atoms with E-state index < -0.39 is 23.5 Å². The highest BCUT2D eigenvalue weighted by Crippen LogP contribution is 2.34. The van der Waals surface area contributed by atoms with E-state index in [0.29, 0.717) is 23.4 Å². The lowest BCUT2D eigenvalue weighted by atomic mass is 10.1.